The standard InChI is InChI=1S/C19H28O3/c1-4-7-8-9-13-17(11-5-2)22-19-16(15-20)12-10-14-18(19)21-6-3/h5,10,12,14-15,17H,2,4,6-9,11,13H2,1,3H3. The van der Waals surface area contributed by atoms with Gasteiger partial charge in [0.15, 0.2) is 17.8 Å². The smallest absolute Gasteiger partial charge is 0.172 e. The van der Waals surface area contributed by atoms with Gasteiger partial charge in [0, 0.05) is 6.42 Å². The van der Waals surface area contributed by atoms with E-state index >= 15 is 0 Å². The molecule has 0 heterocycles. The molecule has 1 aromatic rings. The minimum Gasteiger partial charge on any atom is -0.490 e. The molecule has 1 atom stereocenters. The molecule has 3 heteroatoms. The Hall–Kier alpha value is -1.77. The Morgan fingerprint density at radius 3 is 2.68 bits per heavy atom. The molecule has 0 radical (unpaired) electrons. The molecule has 0 aliphatic carbocycles. The number of benzene rings is 1. The molecule has 122 valence electrons. The molecule has 0 aliphatic rings. The Bertz CT molecular complexity index is 454. The number of hydrogen-bond acceptors (Lipinski definition) is 3. The molecular weight excluding hydrogens is 276 g/mol. The van der Waals surface area contributed by atoms with E-state index in [1.165, 1.54) is 19.3 Å². The number of carbonyl (C=O) groups excluding carboxylic acids is 1. The average molecular weight is 304 g/mol. The normalized spacial score (nSPS) is 11.7. The Morgan fingerprint density at radius 2 is 2.05 bits per heavy atom. The Balaban J connectivity index is 2.81. The fourth-order valence-electron chi connectivity index (χ4n) is 2.40. The van der Waals surface area contributed by atoms with Gasteiger partial charge in [0.25, 0.3) is 0 Å². The number of para-hydroxylation sites is 1. The van der Waals surface area contributed by atoms with Crippen molar-refractivity contribution >= 4 is 6.29 Å². The van der Waals surface area contributed by atoms with Crippen molar-refractivity contribution in [1.82, 2.24) is 0 Å². The second kappa shape index (κ2) is 10.9. The molecule has 0 saturated heterocycles. The van der Waals surface area contributed by atoms with E-state index in [1.54, 1.807) is 6.07 Å². The van der Waals surface area contributed by atoms with E-state index in [-0.39, 0.29) is 6.10 Å². The van der Waals surface area contributed by atoms with Crippen LogP contribution in [0.5, 0.6) is 11.5 Å². The van der Waals surface area contributed by atoms with Crippen molar-refractivity contribution in [2.45, 2.75) is 58.5 Å². The van der Waals surface area contributed by atoms with Crippen molar-refractivity contribution in [3.63, 3.8) is 0 Å². The summed E-state index contributed by atoms with van der Waals surface area (Å²) in [5, 5.41) is 0. The maximum Gasteiger partial charge on any atom is 0.172 e. The highest BCUT2D eigenvalue weighted by Crippen LogP contribution is 2.32. The monoisotopic (exact) mass is 304 g/mol. The van der Waals surface area contributed by atoms with Gasteiger partial charge in [0.05, 0.1) is 12.2 Å². The van der Waals surface area contributed by atoms with Crippen LogP contribution in [0.15, 0.2) is 30.9 Å². The number of aldehydes is 1. The number of ether oxygens (including phenoxy) is 2. The molecule has 0 fully saturated rings. The molecule has 3 nitrogen and oxygen atoms in total. The molecule has 0 amide bonds. The number of rotatable bonds is 12. The first-order valence-electron chi connectivity index (χ1n) is 8.25. The molecule has 0 aliphatic heterocycles. The van der Waals surface area contributed by atoms with Gasteiger partial charge in [0.2, 0.25) is 0 Å². The van der Waals surface area contributed by atoms with Crippen LogP contribution in [0.1, 0.15) is 62.7 Å². The number of unbranched alkanes of at least 4 members (excludes halogenated alkanes) is 3. The summed E-state index contributed by atoms with van der Waals surface area (Å²) < 4.78 is 11.7. The largest absolute Gasteiger partial charge is 0.490 e. The lowest BCUT2D eigenvalue weighted by molar-refractivity contribution is 0.111. The molecule has 1 aromatic carbocycles. The fourth-order valence-corrected chi connectivity index (χ4v) is 2.40. The summed E-state index contributed by atoms with van der Waals surface area (Å²) in [6.45, 7) is 8.47. The van der Waals surface area contributed by atoms with Gasteiger partial charge in [-0.2, -0.15) is 0 Å². The maximum atomic E-state index is 11.3. The maximum absolute atomic E-state index is 11.3. The second-order valence-corrected chi connectivity index (χ2v) is 5.34. The minimum atomic E-state index is 0.0367. The summed E-state index contributed by atoms with van der Waals surface area (Å²) >= 11 is 0. The Kier molecular flexibility index (Phi) is 9.04. The van der Waals surface area contributed by atoms with Crippen molar-refractivity contribution in [3.05, 3.63) is 36.4 Å². The lowest BCUT2D eigenvalue weighted by Gasteiger charge is -2.21. The quantitative estimate of drug-likeness (QED) is 0.303. The van der Waals surface area contributed by atoms with Crippen molar-refractivity contribution < 1.29 is 14.3 Å². The van der Waals surface area contributed by atoms with Crippen LogP contribution in [-0.2, 0) is 0 Å². The first-order chi connectivity index (χ1) is 10.8. The van der Waals surface area contributed by atoms with E-state index < -0.39 is 0 Å². The first-order valence-corrected chi connectivity index (χ1v) is 8.25. The summed E-state index contributed by atoms with van der Waals surface area (Å²) in [6, 6.07) is 5.41. The lowest BCUT2D eigenvalue weighted by Crippen LogP contribution is -2.17. The summed E-state index contributed by atoms with van der Waals surface area (Å²) in [5.41, 5.74) is 0.536. The highest BCUT2D eigenvalue weighted by molar-refractivity contribution is 5.81. The predicted octanol–water partition coefficient (Wildman–Crippen LogP) is 5.19. The third-order valence-electron chi connectivity index (χ3n) is 3.53. The van der Waals surface area contributed by atoms with Gasteiger partial charge in [-0.05, 0) is 31.9 Å². The molecule has 0 saturated carbocycles. The SMILES string of the molecule is C=CCC(CCCCCC)Oc1c(C=O)cccc1OCC. The minimum absolute atomic E-state index is 0.0367. The first kappa shape index (κ1) is 18.3. The molecule has 0 N–H and O–H groups in total. The van der Waals surface area contributed by atoms with Crippen LogP contribution in [0.3, 0.4) is 0 Å². The molecule has 0 spiro atoms. The Morgan fingerprint density at radius 1 is 1.23 bits per heavy atom. The predicted molar refractivity (Wildman–Crippen MR) is 91.0 cm³/mol. The van der Waals surface area contributed by atoms with Crippen LogP contribution in [0.4, 0.5) is 0 Å². The third-order valence-corrected chi connectivity index (χ3v) is 3.53. The van der Waals surface area contributed by atoms with E-state index in [0.717, 1.165) is 25.5 Å². The van der Waals surface area contributed by atoms with Crippen LogP contribution >= 0.6 is 0 Å². The van der Waals surface area contributed by atoms with Gasteiger partial charge in [-0.3, -0.25) is 4.79 Å². The third kappa shape index (κ3) is 5.92. The van der Waals surface area contributed by atoms with Crippen LogP contribution in [0.2, 0.25) is 0 Å². The molecule has 22 heavy (non-hydrogen) atoms. The van der Waals surface area contributed by atoms with E-state index in [4.69, 9.17) is 9.47 Å². The average Bonchev–Trinajstić information content (AvgIpc) is 2.53. The van der Waals surface area contributed by atoms with E-state index in [9.17, 15) is 4.79 Å². The van der Waals surface area contributed by atoms with Crippen LogP contribution in [0.25, 0.3) is 0 Å². The van der Waals surface area contributed by atoms with Crippen molar-refractivity contribution in [1.29, 1.82) is 0 Å². The van der Waals surface area contributed by atoms with E-state index in [0.29, 0.717) is 23.7 Å². The van der Waals surface area contributed by atoms with E-state index in [2.05, 4.69) is 13.5 Å². The fraction of sp³-hybridized carbons (Fsp3) is 0.526. The molecule has 1 rings (SSSR count). The van der Waals surface area contributed by atoms with Crippen molar-refractivity contribution in [2.75, 3.05) is 6.61 Å². The van der Waals surface area contributed by atoms with Crippen LogP contribution in [0, 0.1) is 0 Å². The van der Waals surface area contributed by atoms with Gasteiger partial charge in [-0.15, -0.1) is 6.58 Å². The lowest BCUT2D eigenvalue weighted by atomic mass is 10.1. The van der Waals surface area contributed by atoms with Gasteiger partial charge >= 0.3 is 0 Å². The summed E-state index contributed by atoms with van der Waals surface area (Å²) in [7, 11) is 0. The highest BCUT2D eigenvalue weighted by Gasteiger charge is 2.16. The van der Waals surface area contributed by atoms with Gasteiger partial charge in [-0.25, -0.2) is 0 Å². The zero-order valence-corrected chi connectivity index (χ0v) is 13.8. The highest BCUT2D eigenvalue weighted by atomic mass is 16.5. The summed E-state index contributed by atoms with van der Waals surface area (Å²) in [4.78, 5) is 11.3. The van der Waals surface area contributed by atoms with Crippen molar-refractivity contribution in [3.8, 4) is 11.5 Å². The molecule has 0 aromatic heterocycles. The topological polar surface area (TPSA) is 35.5 Å². The molecule has 1 unspecified atom stereocenters. The number of hydrogen-bond donors (Lipinski definition) is 0. The van der Waals surface area contributed by atoms with E-state index in [1.807, 2.05) is 25.1 Å². The Labute approximate surface area is 134 Å². The van der Waals surface area contributed by atoms with Gasteiger partial charge in [-0.1, -0.05) is 38.3 Å². The zero-order chi connectivity index (χ0) is 16.2. The van der Waals surface area contributed by atoms with Crippen LogP contribution < -0.4 is 9.47 Å². The van der Waals surface area contributed by atoms with Gasteiger partial charge < -0.3 is 9.47 Å². The number of carbonyl (C=O) groups is 1. The molecule has 0 bridgehead atoms. The summed E-state index contributed by atoms with van der Waals surface area (Å²) in [6.07, 6.45) is 9.25. The second-order valence-electron chi connectivity index (χ2n) is 5.34. The summed E-state index contributed by atoms with van der Waals surface area (Å²) in [5.74, 6) is 1.19. The zero-order valence-electron chi connectivity index (χ0n) is 13.8. The molecular formula is C19H28O3. The van der Waals surface area contributed by atoms with Crippen LogP contribution in [-0.4, -0.2) is 19.0 Å². The van der Waals surface area contributed by atoms with Crippen molar-refractivity contribution in [2.24, 2.45) is 0 Å². The van der Waals surface area contributed by atoms with Gasteiger partial charge in [0.1, 0.15) is 6.10 Å².